The summed E-state index contributed by atoms with van der Waals surface area (Å²) in [6.45, 7) is 1.44. The predicted molar refractivity (Wildman–Crippen MR) is 76.1 cm³/mol. The van der Waals surface area contributed by atoms with Crippen molar-refractivity contribution in [3.05, 3.63) is 71.5 Å². The molecule has 0 bridgehead atoms. The van der Waals surface area contributed by atoms with Gasteiger partial charge in [-0.05, 0) is 30.2 Å². The molecule has 1 saturated heterocycles. The molecule has 1 heterocycles. The van der Waals surface area contributed by atoms with Gasteiger partial charge < -0.3 is 4.90 Å². The van der Waals surface area contributed by atoms with Gasteiger partial charge in [0, 0.05) is 24.6 Å². The van der Waals surface area contributed by atoms with E-state index >= 15 is 0 Å². The lowest BCUT2D eigenvalue weighted by molar-refractivity contribution is 0.0790. The number of amides is 1. The first-order valence-corrected chi connectivity index (χ1v) is 6.84. The number of carbonyl (C=O) groups is 1. The fourth-order valence-electron chi connectivity index (χ4n) is 2.75. The minimum Gasteiger partial charge on any atom is -0.338 e. The van der Waals surface area contributed by atoms with Crippen molar-refractivity contribution in [3.63, 3.8) is 0 Å². The Kier molecular flexibility index (Phi) is 3.50. The van der Waals surface area contributed by atoms with Gasteiger partial charge in [0.2, 0.25) is 0 Å². The SMILES string of the molecule is O=C(c1cccc(F)c1)N1CCC(c2ccccc2)C1. The van der Waals surface area contributed by atoms with Crippen LogP contribution in [-0.4, -0.2) is 23.9 Å². The van der Waals surface area contributed by atoms with Crippen molar-refractivity contribution in [2.45, 2.75) is 12.3 Å². The molecule has 20 heavy (non-hydrogen) atoms. The maximum Gasteiger partial charge on any atom is 0.253 e. The zero-order valence-corrected chi connectivity index (χ0v) is 11.1. The Labute approximate surface area is 117 Å². The van der Waals surface area contributed by atoms with Crippen LogP contribution >= 0.6 is 0 Å². The first-order chi connectivity index (χ1) is 9.74. The van der Waals surface area contributed by atoms with Crippen LogP contribution in [-0.2, 0) is 0 Å². The molecule has 102 valence electrons. The van der Waals surface area contributed by atoms with Crippen LogP contribution in [0.2, 0.25) is 0 Å². The van der Waals surface area contributed by atoms with Gasteiger partial charge in [-0.3, -0.25) is 4.79 Å². The molecule has 1 atom stereocenters. The molecule has 0 saturated carbocycles. The van der Waals surface area contributed by atoms with Crippen LogP contribution in [0.1, 0.15) is 28.3 Å². The minimum atomic E-state index is -0.366. The molecule has 0 radical (unpaired) electrons. The summed E-state index contributed by atoms with van der Waals surface area (Å²) < 4.78 is 13.2. The Morgan fingerprint density at radius 1 is 1.10 bits per heavy atom. The van der Waals surface area contributed by atoms with E-state index in [0.717, 1.165) is 13.0 Å². The van der Waals surface area contributed by atoms with Gasteiger partial charge in [0.1, 0.15) is 5.82 Å². The average molecular weight is 269 g/mol. The maximum atomic E-state index is 13.2. The van der Waals surface area contributed by atoms with Gasteiger partial charge >= 0.3 is 0 Å². The van der Waals surface area contributed by atoms with Gasteiger partial charge in [-0.15, -0.1) is 0 Å². The summed E-state index contributed by atoms with van der Waals surface area (Å²) in [6.07, 6.45) is 0.963. The highest BCUT2D eigenvalue weighted by molar-refractivity contribution is 5.94. The van der Waals surface area contributed by atoms with E-state index < -0.39 is 0 Å². The summed E-state index contributed by atoms with van der Waals surface area (Å²) in [5.41, 5.74) is 1.70. The molecule has 0 N–H and O–H groups in total. The standard InChI is InChI=1S/C17H16FNO/c18-16-8-4-7-14(11-16)17(20)19-10-9-15(12-19)13-5-2-1-3-6-13/h1-8,11,15H,9-10,12H2. The first kappa shape index (κ1) is 12.9. The summed E-state index contributed by atoms with van der Waals surface area (Å²) in [4.78, 5) is 14.1. The van der Waals surface area contributed by atoms with E-state index in [1.165, 1.54) is 17.7 Å². The average Bonchev–Trinajstić information content (AvgIpc) is 2.97. The molecule has 3 heteroatoms. The number of benzene rings is 2. The summed E-state index contributed by atoms with van der Waals surface area (Å²) in [5.74, 6) is -0.0636. The van der Waals surface area contributed by atoms with Crippen LogP contribution in [0.15, 0.2) is 54.6 Å². The number of carbonyl (C=O) groups excluding carboxylic acids is 1. The quantitative estimate of drug-likeness (QED) is 0.817. The van der Waals surface area contributed by atoms with Crippen molar-refractivity contribution in [3.8, 4) is 0 Å². The Morgan fingerprint density at radius 2 is 1.90 bits per heavy atom. The van der Waals surface area contributed by atoms with Crippen molar-refractivity contribution >= 4 is 5.91 Å². The Bertz CT molecular complexity index is 611. The van der Waals surface area contributed by atoms with E-state index in [2.05, 4.69) is 12.1 Å². The van der Waals surface area contributed by atoms with Crippen LogP contribution in [0.5, 0.6) is 0 Å². The van der Waals surface area contributed by atoms with Gasteiger partial charge in [0.05, 0.1) is 0 Å². The number of hydrogen-bond acceptors (Lipinski definition) is 1. The summed E-state index contributed by atoms with van der Waals surface area (Å²) in [6, 6.07) is 16.1. The van der Waals surface area contributed by atoms with Crippen LogP contribution < -0.4 is 0 Å². The van der Waals surface area contributed by atoms with E-state index in [4.69, 9.17) is 0 Å². The fourth-order valence-corrected chi connectivity index (χ4v) is 2.75. The lowest BCUT2D eigenvalue weighted by Crippen LogP contribution is -2.28. The Morgan fingerprint density at radius 3 is 2.65 bits per heavy atom. The van der Waals surface area contributed by atoms with Crippen molar-refractivity contribution in [1.29, 1.82) is 0 Å². The second-order valence-corrected chi connectivity index (χ2v) is 5.16. The smallest absolute Gasteiger partial charge is 0.253 e. The van der Waals surface area contributed by atoms with E-state index in [-0.39, 0.29) is 11.7 Å². The Hall–Kier alpha value is -2.16. The fraction of sp³-hybridized carbons (Fsp3) is 0.235. The molecule has 2 nitrogen and oxygen atoms in total. The van der Waals surface area contributed by atoms with Gasteiger partial charge in [0.15, 0.2) is 0 Å². The lowest BCUT2D eigenvalue weighted by atomic mass is 9.99. The van der Waals surface area contributed by atoms with Gasteiger partial charge in [-0.2, -0.15) is 0 Å². The first-order valence-electron chi connectivity index (χ1n) is 6.84. The number of halogens is 1. The molecule has 1 fully saturated rings. The highest BCUT2D eigenvalue weighted by Crippen LogP contribution is 2.27. The van der Waals surface area contributed by atoms with Crippen LogP contribution in [0.25, 0.3) is 0 Å². The highest BCUT2D eigenvalue weighted by Gasteiger charge is 2.27. The molecule has 2 aromatic rings. The van der Waals surface area contributed by atoms with Crippen molar-refractivity contribution in [2.75, 3.05) is 13.1 Å². The van der Waals surface area contributed by atoms with E-state index in [0.29, 0.717) is 18.0 Å². The summed E-state index contributed by atoms with van der Waals surface area (Å²) >= 11 is 0. The molecule has 1 aliphatic rings. The van der Waals surface area contributed by atoms with Crippen molar-refractivity contribution in [1.82, 2.24) is 4.90 Å². The maximum absolute atomic E-state index is 13.2. The van der Waals surface area contributed by atoms with Gasteiger partial charge in [-0.25, -0.2) is 4.39 Å². The van der Waals surface area contributed by atoms with E-state index in [1.807, 2.05) is 23.1 Å². The Balaban J connectivity index is 1.73. The molecule has 1 aliphatic heterocycles. The van der Waals surface area contributed by atoms with Crippen LogP contribution in [0.3, 0.4) is 0 Å². The van der Waals surface area contributed by atoms with Crippen LogP contribution in [0.4, 0.5) is 4.39 Å². The topological polar surface area (TPSA) is 20.3 Å². The molecule has 0 aromatic heterocycles. The number of hydrogen-bond donors (Lipinski definition) is 0. The van der Waals surface area contributed by atoms with Gasteiger partial charge in [0.25, 0.3) is 5.91 Å². The summed E-state index contributed by atoms with van der Waals surface area (Å²) in [5, 5.41) is 0. The number of likely N-dealkylation sites (tertiary alicyclic amines) is 1. The molecular weight excluding hydrogens is 253 g/mol. The summed E-state index contributed by atoms with van der Waals surface area (Å²) in [7, 11) is 0. The van der Waals surface area contributed by atoms with Gasteiger partial charge in [-0.1, -0.05) is 36.4 Å². The third-order valence-corrected chi connectivity index (χ3v) is 3.82. The second-order valence-electron chi connectivity index (χ2n) is 5.16. The molecule has 0 spiro atoms. The predicted octanol–water partition coefficient (Wildman–Crippen LogP) is 3.46. The molecule has 0 aliphatic carbocycles. The lowest BCUT2D eigenvalue weighted by Gasteiger charge is -2.16. The van der Waals surface area contributed by atoms with Crippen molar-refractivity contribution < 1.29 is 9.18 Å². The van der Waals surface area contributed by atoms with E-state index in [1.54, 1.807) is 12.1 Å². The highest BCUT2D eigenvalue weighted by atomic mass is 19.1. The third-order valence-electron chi connectivity index (χ3n) is 3.82. The van der Waals surface area contributed by atoms with Crippen molar-refractivity contribution in [2.24, 2.45) is 0 Å². The van der Waals surface area contributed by atoms with Crippen LogP contribution in [0, 0.1) is 5.82 Å². The zero-order chi connectivity index (χ0) is 13.9. The second kappa shape index (κ2) is 5.45. The largest absolute Gasteiger partial charge is 0.338 e. The molecule has 1 amide bonds. The normalized spacial score (nSPS) is 18.2. The number of rotatable bonds is 2. The monoisotopic (exact) mass is 269 g/mol. The molecule has 1 unspecified atom stereocenters. The molecule has 3 rings (SSSR count). The minimum absolute atomic E-state index is 0.0806. The third kappa shape index (κ3) is 2.57. The molecule has 2 aromatic carbocycles. The van der Waals surface area contributed by atoms with E-state index in [9.17, 15) is 9.18 Å². The molecular formula is C17H16FNO. The number of nitrogens with zero attached hydrogens (tertiary/aromatic N) is 1. The zero-order valence-electron chi connectivity index (χ0n) is 11.1.